The molecule has 0 fully saturated rings. The molecule has 0 unspecified atom stereocenters. The van der Waals surface area contributed by atoms with Gasteiger partial charge in [-0.05, 0) is 0 Å². The lowest BCUT2D eigenvalue weighted by Gasteiger charge is -2.01. The van der Waals surface area contributed by atoms with Crippen molar-refractivity contribution < 1.29 is 8.42 Å². The summed E-state index contributed by atoms with van der Waals surface area (Å²) in [6, 6.07) is 1.58. The molecular formula is C5H9N3O2S. The summed E-state index contributed by atoms with van der Waals surface area (Å²) in [5.74, 6) is 0.465. The average molecular weight is 175 g/mol. The van der Waals surface area contributed by atoms with Crippen LogP contribution < -0.4 is 4.72 Å². The predicted molar refractivity (Wildman–Crippen MR) is 41.7 cm³/mol. The van der Waals surface area contributed by atoms with E-state index in [9.17, 15) is 8.42 Å². The summed E-state index contributed by atoms with van der Waals surface area (Å²) in [6.07, 6.45) is 2.62. The first-order chi connectivity index (χ1) is 4.99. The maximum Gasteiger partial charge on any atom is 0.230 e. The second kappa shape index (κ2) is 2.54. The number of aryl methyl sites for hydroxylation is 1. The Balaban J connectivity index is 2.89. The first kappa shape index (κ1) is 8.06. The summed E-state index contributed by atoms with van der Waals surface area (Å²) in [4.78, 5) is 0. The van der Waals surface area contributed by atoms with Crippen LogP contribution in [0.5, 0.6) is 0 Å². The van der Waals surface area contributed by atoms with Crippen LogP contribution >= 0.6 is 0 Å². The van der Waals surface area contributed by atoms with Gasteiger partial charge in [0.2, 0.25) is 10.0 Å². The Hall–Kier alpha value is -1.04. The highest BCUT2D eigenvalue weighted by molar-refractivity contribution is 7.92. The molecule has 0 aromatic carbocycles. The van der Waals surface area contributed by atoms with Crippen molar-refractivity contribution in [3.63, 3.8) is 0 Å². The molecule has 0 bridgehead atoms. The van der Waals surface area contributed by atoms with E-state index in [0.29, 0.717) is 5.82 Å². The van der Waals surface area contributed by atoms with E-state index in [4.69, 9.17) is 0 Å². The number of aromatic nitrogens is 2. The quantitative estimate of drug-likeness (QED) is 0.676. The number of hydrogen-bond acceptors (Lipinski definition) is 3. The zero-order chi connectivity index (χ0) is 8.48. The Morgan fingerprint density at radius 2 is 2.27 bits per heavy atom. The van der Waals surface area contributed by atoms with Crippen molar-refractivity contribution in [1.82, 2.24) is 9.78 Å². The maximum atomic E-state index is 10.7. The molecule has 6 heteroatoms. The van der Waals surface area contributed by atoms with Crippen LogP contribution in [-0.4, -0.2) is 24.5 Å². The molecule has 0 atom stereocenters. The highest BCUT2D eigenvalue weighted by atomic mass is 32.2. The third-order valence-electron chi connectivity index (χ3n) is 1.11. The van der Waals surface area contributed by atoms with Gasteiger partial charge in [0.1, 0.15) is 5.82 Å². The molecule has 0 radical (unpaired) electrons. The van der Waals surface area contributed by atoms with E-state index in [1.165, 1.54) is 10.9 Å². The number of hydrogen-bond donors (Lipinski definition) is 1. The Morgan fingerprint density at radius 1 is 1.64 bits per heavy atom. The minimum Gasteiger partial charge on any atom is -0.268 e. The van der Waals surface area contributed by atoms with Crippen LogP contribution in [0.3, 0.4) is 0 Å². The van der Waals surface area contributed by atoms with Crippen LogP contribution in [-0.2, 0) is 17.1 Å². The Labute approximate surface area is 65.1 Å². The fourth-order valence-corrected chi connectivity index (χ4v) is 1.24. The van der Waals surface area contributed by atoms with E-state index in [1.807, 2.05) is 0 Å². The van der Waals surface area contributed by atoms with Gasteiger partial charge < -0.3 is 0 Å². The zero-order valence-corrected chi connectivity index (χ0v) is 7.09. The van der Waals surface area contributed by atoms with Crippen molar-refractivity contribution in [2.75, 3.05) is 11.0 Å². The molecule has 0 amide bonds. The van der Waals surface area contributed by atoms with Gasteiger partial charge in [0.25, 0.3) is 0 Å². The summed E-state index contributed by atoms with van der Waals surface area (Å²) in [5, 5.41) is 3.79. The molecule has 0 aliphatic heterocycles. The van der Waals surface area contributed by atoms with Gasteiger partial charge in [-0.1, -0.05) is 0 Å². The Kier molecular flexibility index (Phi) is 1.86. The van der Waals surface area contributed by atoms with Gasteiger partial charge in [-0.15, -0.1) is 0 Å². The summed E-state index contributed by atoms with van der Waals surface area (Å²) in [5.41, 5.74) is 0. The highest BCUT2D eigenvalue weighted by Gasteiger charge is 2.03. The molecule has 5 nitrogen and oxygen atoms in total. The first-order valence-corrected chi connectivity index (χ1v) is 4.84. The van der Waals surface area contributed by atoms with Crippen molar-refractivity contribution in [3.05, 3.63) is 12.3 Å². The van der Waals surface area contributed by atoms with E-state index < -0.39 is 10.0 Å². The van der Waals surface area contributed by atoms with Gasteiger partial charge in [-0.2, -0.15) is 5.10 Å². The minimum absolute atomic E-state index is 0.465. The molecular weight excluding hydrogens is 166 g/mol. The Bertz CT molecular complexity index is 340. The van der Waals surface area contributed by atoms with Crippen LogP contribution in [0.1, 0.15) is 0 Å². The number of sulfonamides is 1. The second-order valence-electron chi connectivity index (χ2n) is 2.21. The first-order valence-electron chi connectivity index (χ1n) is 2.95. The smallest absolute Gasteiger partial charge is 0.230 e. The zero-order valence-electron chi connectivity index (χ0n) is 6.27. The number of nitrogens with zero attached hydrogens (tertiary/aromatic N) is 2. The van der Waals surface area contributed by atoms with E-state index in [0.717, 1.165) is 6.26 Å². The fourth-order valence-electron chi connectivity index (χ4n) is 0.664. The number of rotatable bonds is 2. The van der Waals surface area contributed by atoms with Crippen molar-refractivity contribution in [1.29, 1.82) is 0 Å². The second-order valence-corrected chi connectivity index (χ2v) is 3.96. The number of nitrogens with one attached hydrogen (secondary N) is 1. The topological polar surface area (TPSA) is 64.0 Å². The van der Waals surface area contributed by atoms with Gasteiger partial charge in [0, 0.05) is 13.1 Å². The summed E-state index contributed by atoms with van der Waals surface area (Å²) in [7, 11) is -1.52. The molecule has 1 heterocycles. The van der Waals surface area contributed by atoms with Gasteiger partial charge in [-0.3, -0.25) is 9.40 Å². The van der Waals surface area contributed by atoms with E-state index in [-0.39, 0.29) is 0 Å². The third-order valence-corrected chi connectivity index (χ3v) is 1.69. The monoisotopic (exact) mass is 175 g/mol. The Morgan fingerprint density at radius 3 is 2.64 bits per heavy atom. The largest absolute Gasteiger partial charge is 0.268 e. The normalized spacial score (nSPS) is 11.5. The van der Waals surface area contributed by atoms with Crippen LogP contribution in [0, 0.1) is 0 Å². The van der Waals surface area contributed by atoms with Crippen LogP contribution in [0.15, 0.2) is 12.3 Å². The van der Waals surface area contributed by atoms with E-state index >= 15 is 0 Å². The molecule has 0 aliphatic rings. The fraction of sp³-hybridized carbons (Fsp3) is 0.400. The van der Waals surface area contributed by atoms with Gasteiger partial charge in [0.15, 0.2) is 0 Å². The SMILES string of the molecule is Cn1nccc1NS(C)(=O)=O. The molecule has 11 heavy (non-hydrogen) atoms. The van der Waals surface area contributed by atoms with Crippen molar-refractivity contribution >= 4 is 15.8 Å². The lowest BCUT2D eigenvalue weighted by molar-refractivity contribution is 0.606. The maximum absolute atomic E-state index is 10.7. The molecule has 0 spiro atoms. The molecule has 0 aliphatic carbocycles. The predicted octanol–water partition coefficient (Wildman–Crippen LogP) is -0.208. The number of anilines is 1. The molecule has 0 saturated carbocycles. The van der Waals surface area contributed by atoms with Crippen molar-refractivity contribution in [3.8, 4) is 0 Å². The minimum atomic E-state index is -3.18. The van der Waals surface area contributed by atoms with Gasteiger partial charge in [0.05, 0.1) is 12.5 Å². The van der Waals surface area contributed by atoms with E-state index in [2.05, 4.69) is 9.82 Å². The lowest BCUT2D eigenvalue weighted by atomic mass is 10.7. The van der Waals surface area contributed by atoms with Crippen molar-refractivity contribution in [2.24, 2.45) is 7.05 Å². The summed E-state index contributed by atoms with van der Waals surface area (Å²) < 4.78 is 25.1. The summed E-state index contributed by atoms with van der Waals surface area (Å²) >= 11 is 0. The molecule has 0 saturated heterocycles. The standard InChI is InChI=1S/C5H9N3O2S/c1-8-5(3-4-6-8)7-11(2,9)10/h3-4,7H,1-2H3. The highest BCUT2D eigenvalue weighted by Crippen LogP contribution is 2.04. The average Bonchev–Trinajstić information content (AvgIpc) is 2.12. The third kappa shape index (κ3) is 2.23. The van der Waals surface area contributed by atoms with Crippen molar-refractivity contribution in [2.45, 2.75) is 0 Å². The molecule has 1 rings (SSSR count). The lowest BCUT2D eigenvalue weighted by Crippen LogP contribution is -2.12. The van der Waals surface area contributed by atoms with E-state index in [1.54, 1.807) is 13.1 Å². The summed E-state index contributed by atoms with van der Waals surface area (Å²) in [6.45, 7) is 0. The van der Waals surface area contributed by atoms with Crippen LogP contribution in [0.25, 0.3) is 0 Å². The molecule has 62 valence electrons. The van der Waals surface area contributed by atoms with Crippen LogP contribution in [0.4, 0.5) is 5.82 Å². The molecule has 1 aromatic heterocycles. The van der Waals surface area contributed by atoms with Gasteiger partial charge in [-0.25, -0.2) is 8.42 Å². The molecule has 1 N–H and O–H groups in total. The van der Waals surface area contributed by atoms with Crippen LogP contribution in [0.2, 0.25) is 0 Å². The molecule has 1 aromatic rings. The van der Waals surface area contributed by atoms with Gasteiger partial charge >= 0.3 is 0 Å².